The normalized spacial score (nSPS) is 14.7. The number of ether oxygens (including phenoxy) is 4. The van der Waals surface area contributed by atoms with Crippen LogP contribution in [0.15, 0.2) is 36.4 Å². The van der Waals surface area contributed by atoms with E-state index < -0.39 is 0 Å². The third-order valence-electron chi connectivity index (χ3n) is 4.73. The van der Waals surface area contributed by atoms with Gasteiger partial charge in [-0.15, -0.1) is 0 Å². The molecule has 0 unspecified atom stereocenters. The third-order valence-corrected chi connectivity index (χ3v) is 4.73. The van der Waals surface area contributed by atoms with Crippen molar-refractivity contribution < 1.29 is 23.7 Å². The number of nitrogens with one attached hydrogen (secondary N) is 1. The second-order valence-corrected chi connectivity index (χ2v) is 7.04. The summed E-state index contributed by atoms with van der Waals surface area (Å²) >= 11 is 0. The van der Waals surface area contributed by atoms with Crippen molar-refractivity contribution in [3.63, 3.8) is 0 Å². The minimum atomic E-state index is -0.0134. The second-order valence-electron chi connectivity index (χ2n) is 7.04. The monoisotopic (exact) mass is 399 g/mol. The van der Waals surface area contributed by atoms with Crippen LogP contribution in [0.1, 0.15) is 37.8 Å². The van der Waals surface area contributed by atoms with Gasteiger partial charge in [0.1, 0.15) is 29.1 Å². The van der Waals surface area contributed by atoms with Gasteiger partial charge in [0.05, 0.1) is 20.3 Å². The summed E-state index contributed by atoms with van der Waals surface area (Å²) in [7, 11) is 1.63. The molecule has 1 N–H and O–H groups in total. The van der Waals surface area contributed by atoms with Crippen LogP contribution in [0, 0.1) is 0 Å². The molecule has 1 aliphatic rings. The highest BCUT2D eigenvalue weighted by atomic mass is 16.5. The molecule has 0 fully saturated rings. The zero-order valence-electron chi connectivity index (χ0n) is 17.3. The van der Waals surface area contributed by atoms with E-state index in [-0.39, 0.29) is 12.0 Å². The van der Waals surface area contributed by atoms with E-state index in [9.17, 15) is 4.79 Å². The van der Waals surface area contributed by atoms with Gasteiger partial charge in [0, 0.05) is 30.5 Å². The Bertz CT molecular complexity index is 819. The van der Waals surface area contributed by atoms with Crippen molar-refractivity contribution in [2.45, 2.75) is 45.8 Å². The van der Waals surface area contributed by atoms with Gasteiger partial charge < -0.3 is 24.3 Å². The molecule has 6 nitrogen and oxygen atoms in total. The van der Waals surface area contributed by atoms with Gasteiger partial charge >= 0.3 is 0 Å². The summed E-state index contributed by atoms with van der Waals surface area (Å²) in [5, 5.41) is 2.97. The van der Waals surface area contributed by atoms with Crippen LogP contribution < -0.4 is 24.3 Å². The fourth-order valence-corrected chi connectivity index (χ4v) is 3.29. The fourth-order valence-electron chi connectivity index (χ4n) is 3.29. The number of methoxy groups -OCH3 is 1. The topological polar surface area (TPSA) is 66.0 Å². The molecule has 1 aliphatic heterocycles. The lowest BCUT2D eigenvalue weighted by molar-refractivity contribution is -0.121. The van der Waals surface area contributed by atoms with E-state index in [4.69, 9.17) is 18.9 Å². The van der Waals surface area contributed by atoms with Gasteiger partial charge in [-0.3, -0.25) is 4.79 Å². The number of hydrogen-bond acceptors (Lipinski definition) is 5. The maximum atomic E-state index is 12.2. The quantitative estimate of drug-likeness (QED) is 0.614. The molecule has 2 aromatic carbocycles. The molecule has 6 heteroatoms. The summed E-state index contributed by atoms with van der Waals surface area (Å²) in [6.45, 7) is 5.49. The van der Waals surface area contributed by atoms with Gasteiger partial charge in [0.2, 0.25) is 5.91 Å². The highest BCUT2D eigenvalue weighted by molar-refractivity contribution is 5.76. The predicted octanol–water partition coefficient (Wildman–Crippen LogP) is 3.89. The molecule has 0 spiro atoms. The van der Waals surface area contributed by atoms with Crippen LogP contribution in [-0.2, 0) is 17.8 Å². The molecular formula is C23H29NO5. The molecule has 1 atom stereocenters. The van der Waals surface area contributed by atoms with Gasteiger partial charge in [-0.05, 0) is 56.7 Å². The van der Waals surface area contributed by atoms with Crippen molar-refractivity contribution in [2.24, 2.45) is 0 Å². The predicted molar refractivity (Wildman–Crippen MR) is 111 cm³/mol. The maximum Gasteiger partial charge on any atom is 0.220 e. The van der Waals surface area contributed by atoms with E-state index in [1.54, 1.807) is 7.11 Å². The van der Waals surface area contributed by atoms with E-state index in [0.717, 1.165) is 40.5 Å². The lowest BCUT2D eigenvalue weighted by atomic mass is 10.1. The summed E-state index contributed by atoms with van der Waals surface area (Å²) in [5.41, 5.74) is 2.09. The fraction of sp³-hybridized carbons (Fsp3) is 0.435. The van der Waals surface area contributed by atoms with Crippen LogP contribution in [-0.4, -0.2) is 32.3 Å². The Morgan fingerprint density at radius 1 is 1.17 bits per heavy atom. The van der Waals surface area contributed by atoms with Crippen LogP contribution in [0.25, 0.3) is 0 Å². The lowest BCUT2D eigenvalue weighted by Crippen LogP contribution is -2.23. The van der Waals surface area contributed by atoms with Gasteiger partial charge in [-0.25, -0.2) is 0 Å². The molecule has 0 radical (unpaired) electrons. The Hall–Kier alpha value is -2.89. The molecule has 2 aromatic rings. The average Bonchev–Trinajstić information content (AvgIpc) is 3.09. The zero-order chi connectivity index (χ0) is 20.6. The number of carbonyl (C=O) groups excluding carboxylic acids is 1. The molecule has 1 amide bonds. The molecule has 29 heavy (non-hydrogen) atoms. The van der Waals surface area contributed by atoms with Crippen LogP contribution in [0.3, 0.4) is 0 Å². The Labute approximate surface area is 172 Å². The van der Waals surface area contributed by atoms with Gasteiger partial charge in [0.25, 0.3) is 0 Å². The molecule has 0 aliphatic carbocycles. The maximum absolute atomic E-state index is 12.2. The van der Waals surface area contributed by atoms with Crippen molar-refractivity contribution in [3.05, 3.63) is 47.5 Å². The molecule has 0 bridgehead atoms. The van der Waals surface area contributed by atoms with Crippen molar-refractivity contribution in [1.29, 1.82) is 0 Å². The first-order valence-electron chi connectivity index (χ1n) is 10.1. The van der Waals surface area contributed by atoms with Crippen molar-refractivity contribution in [3.8, 4) is 23.0 Å². The van der Waals surface area contributed by atoms with E-state index in [0.29, 0.717) is 32.6 Å². The molecule has 0 saturated heterocycles. The van der Waals surface area contributed by atoms with Crippen LogP contribution in [0.5, 0.6) is 23.0 Å². The number of hydrogen-bond donors (Lipinski definition) is 1. The second kappa shape index (κ2) is 10.0. The van der Waals surface area contributed by atoms with Crippen molar-refractivity contribution >= 4 is 5.91 Å². The van der Waals surface area contributed by atoms with Gasteiger partial charge in [0.15, 0.2) is 0 Å². The largest absolute Gasteiger partial charge is 0.497 e. The summed E-state index contributed by atoms with van der Waals surface area (Å²) in [6.07, 6.45) is 2.10. The molecule has 156 valence electrons. The van der Waals surface area contributed by atoms with Crippen LogP contribution in [0.2, 0.25) is 0 Å². The number of carbonyl (C=O) groups is 1. The number of rotatable bonds is 10. The number of amides is 1. The minimum absolute atomic E-state index is 0.0134. The molecule has 0 saturated carbocycles. The standard InChI is InChI=1S/C23H29NO5/c1-4-27-21-13-17-12-16(2)29-22(17)14-18(21)15-24-23(25)6-5-11-28-20-9-7-19(26-3)8-10-20/h7-10,13-14,16H,4-6,11-12,15H2,1-3H3,(H,24,25)/t16-/m0/s1. The van der Waals surface area contributed by atoms with Gasteiger partial charge in [-0.1, -0.05) is 0 Å². The van der Waals surface area contributed by atoms with E-state index in [1.165, 1.54) is 0 Å². The minimum Gasteiger partial charge on any atom is -0.497 e. The number of benzene rings is 2. The van der Waals surface area contributed by atoms with E-state index in [1.807, 2.05) is 43.3 Å². The smallest absolute Gasteiger partial charge is 0.220 e. The molecular weight excluding hydrogens is 370 g/mol. The SMILES string of the molecule is CCOc1cc2c(cc1CNC(=O)CCCOc1ccc(OC)cc1)O[C@@H](C)C2. The first kappa shape index (κ1) is 20.8. The van der Waals surface area contributed by atoms with E-state index in [2.05, 4.69) is 12.2 Å². The molecule has 1 heterocycles. The summed E-state index contributed by atoms with van der Waals surface area (Å²) in [6, 6.07) is 11.4. The Kier molecular flexibility index (Phi) is 7.22. The molecule has 3 rings (SSSR count). The number of fused-ring (bicyclic) bond motifs is 1. The van der Waals surface area contributed by atoms with Crippen LogP contribution >= 0.6 is 0 Å². The first-order valence-corrected chi connectivity index (χ1v) is 10.1. The average molecular weight is 399 g/mol. The van der Waals surface area contributed by atoms with Crippen molar-refractivity contribution in [1.82, 2.24) is 5.32 Å². The van der Waals surface area contributed by atoms with Crippen molar-refractivity contribution in [2.75, 3.05) is 20.3 Å². The highest BCUT2D eigenvalue weighted by Crippen LogP contribution is 2.35. The highest BCUT2D eigenvalue weighted by Gasteiger charge is 2.22. The zero-order valence-corrected chi connectivity index (χ0v) is 17.3. The summed E-state index contributed by atoms with van der Waals surface area (Å²) in [4.78, 5) is 12.2. The Morgan fingerprint density at radius 2 is 1.93 bits per heavy atom. The molecule has 0 aromatic heterocycles. The van der Waals surface area contributed by atoms with E-state index >= 15 is 0 Å². The first-order chi connectivity index (χ1) is 14.1. The van der Waals surface area contributed by atoms with Crippen LogP contribution in [0.4, 0.5) is 0 Å². The van der Waals surface area contributed by atoms with Gasteiger partial charge in [-0.2, -0.15) is 0 Å². The Balaban J connectivity index is 1.44. The summed E-state index contributed by atoms with van der Waals surface area (Å²) in [5.74, 6) is 3.24. The summed E-state index contributed by atoms with van der Waals surface area (Å²) < 4.78 is 22.4. The lowest BCUT2D eigenvalue weighted by Gasteiger charge is -2.13. The Morgan fingerprint density at radius 3 is 2.66 bits per heavy atom. The third kappa shape index (κ3) is 5.79.